The fourth-order valence-electron chi connectivity index (χ4n) is 4.62. The maximum absolute atomic E-state index is 13.1. The second kappa shape index (κ2) is 12.9. The molecule has 9 heteroatoms. The first-order chi connectivity index (χ1) is 19.4. The van der Waals surface area contributed by atoms with Gasteiger partial charge >= 0.3 is 5.63 Å². The van der Waals surface area contributed by atoms with Gasteiger partial charge < -0.3 is 34.2 Å². The van der Waals surface area contributed by atoms with E-state index in [0.717, 1.165) is 5.56 Å². The predicted molar refractivity (Wildman–Crippen MR) is 151 cm³/mol. The Labute approximate surface area is 231 Å². The molecule has 1 heterocycles. The molecule has 3 aromatic carbocycles. The number of benzene rings is 3. The second-order valence-corrected chi connectivity index (χ2v) is 9.08. The van der Waals surface area contributed by atoms with Crippen molar-refractivity contribution < 1.29 is 33.6 Å². The summed E-state index contributed by atoms with van der Waals surface area (Å²) in [5, 5.41) is 24.7. The zero-order valence-corrected chi connectivity index (χ0v) is 22.7. The number of rotatable bonds is 12. The maximum atomic E-state index is 13.1. The number of phenols is 1. The highest BCUT2D eigenvalue weighted by molar-refractivity contribution is 5.85. The molecule has 0 aliphatic heterocycles. The third-order valence-corrected chi connectivity index (χ3v) is 6.51. The van der Waals surface area contributed by atoms with E-state index >= 15 is 0 Å². The minimum absolute atomic E-state index is 0.0636. The van der Waals surface area contributed by atoms with E-state index < -0.39 is 11.5 Å². The molecule has 3 N–H and O–H groups in total. The number of nitrogens with one attached hydrogen (secondary N) is 1. The van der Waals surface area contributed by atoms with Crippen molar-refractivity contribution >= 4 is 16.9 Å². The Morgan fingerprint density at radius 1 is 0.950 bits per heavy atom. The van der Waals surface area contributed by atoms with Crippen LogP contribution in [0.25, 0.3) is 11.0 Å². The highest BCUT2D eigenvalue weighted by atomic mass is 16.5. The fraction of sp³-hybridized carbons (Fsp3) is 0.290. The van der Waals surface area contributed by atoms with Crippen LogP contribution >= 0.6 is 0 Å². The lowest BCUT2D eigenvalue weighted by atomic mass is 9.87. The molecule has 9 nitrogen and oxygen atoms in total. The molecule has 0 bridgehead atoms. The van der Waals surface area contributed by atoms with Gasteiger partial charge in [-0.2, -0.15) is 0 Å². The van der Waals surface area contributed by atoms with Crippen LogP contribution in [0.15, 0.2) is 69.9 Å². The number of hydrogen-bond acceptors (Lipinski definition) is 8. The van der Waals surface area contributed by atoms with Crippen LogP contribution in [0.4, 0.5) is 0 Å². The quantitative estimate of drug-likeness (QED) is 0.214. The normalized spacial score (nSPS) is 11.7. The summed E-state index contributed by atoms with van der Waals surface area (Å²) in [4.78, 5) is 26.2. The van der Waals surface area contributed by atoms with E-state index in [0.29, 0.717) is 48.6 Å². The van der Waals surface area contributed by atoms with Gasteiger partial charge in [0.05, 0.1) is 31.3 Å². The third kappa shape index (κ3) is 6.31. The van der Waals surface area contributed by atoms with Crippen LogP contribution < -0.4 is 25.2 Å². The summed E-state index contributed by atoms with van der Waals surface area (Å²) in [5.74, 6) is -0.115. The molecule has 1 atom stereocenters. The van der Waals surface area contributed by atoms with Gasteiger partial charge in [0.1, 0.15) is 11.3 Å². The van der Waals surface area contributed by atoms with E-state index in [9.17, 15) is 19.8 Å². The zero-order valence-electron chi connectivity index (χ0n) is 22.7. The summed E-state index contributed by atoms with van der Waals surface area (Å²) >= 11 is 0. The number of carbonyl (C=O) groups excluding carboxylic acids is 1. The predicted octanol–water partition coefficient (Wildman–Crippen LogP) is 4.89. The van der Waals surface area contributed by atoms with Crippen molar-refractivity contribution in [2.45, 2.75) is 32.6 Å². The van der Waals surface area contributed by atoms with Crippen molar-refractivity contribution in [1.29, 1.82) is 0 Å². The molecule has 210 valence electrons. The van der Waals surface area contributed by atoms with Crippen LogP contribution in [-0.2, 0) is 11.2 Å². The van der Waals surface area contributed by atoms with E-state index in [4.69, 9.17) is 18.6 Å². The lowest BCUT2D eigenvalue weighted by molar-refractivity contribution is -0.121. The van der Waals surface area contributed by atoms with Crippen LogP contribution in [0.1, 0.15) is 42.9 Å². The number of fused-ring (bicyclic) bond motifs is 1. The van der Waals surface area contributed by atoms with Crippen molar-refractivity contribution in [2.24, 2.45) is 0 Å². The Hall–Kier alpha value is -4.66. The molecule has 0 fully saturated rings. The monoisotopic (exact) mass is 547 g/mol. The Balaban J connectivity index is 1.57. The topological polar surface area (TPSA) is 127 Å². The molecule has 0 saturated heterocycles. The van der Waals surface area contributed by atoms with Crippen LogP contribution in [-0.4, -0.2) is 43.0 Å². The first-order valence-corrected chi connectivity index (χ1v) is 13.1. The largest absolute Gasteiger partial charge is 0.507 e. The minimum atomic E-state index is -0.896. The van der Waals surface area contributed by atoms with Gasteiger partial charge in [-0.3, -0.25) is 4.79 Å². The summed E-state index contributed by atoms with van der Waals surface area (Å²) in [7, 11) is 1.42. The second-order valence-electron chi connectivity index (χ2n) is 9.08. The van der Waals surface area contributed by atoms with Gasteiger partial charge in [0.2, 0.25) is 5.91 Å². The van der Waals surface area contributed by atoms with E-state index in [2.05, 4.69) is 5.32 Å². The summed E-state index contributed by atoms with van der Waals surface area (Å²) in [6.07, 6.45) is 0.367. The lowest BCUT2D eigenvalue weighted by Gasteiger charge is -2.19. The smallest absolute Gasteiger partial charge is 0.343 e. The minimum Gasteiger partial charge on any atom is -0.507 e. The van der Waals surface area contributed by atoms with Gasteiger partial charge in [-0.15, -0.1) is 0 Å². The molecule has 4 aromatic rings. The Bertz CT molecular complexity index is 1540. The molecule has 0 spiro atoms. The van der Waals surface area contributed by atoms with Crippen molar-refractivity contribution in [3.05, 3.63) is 87.8 Å². The average molecular weight is 548 g/mol. The maximum Gasteiger partial charge on any atom is 0.343 e. The van der Waals surface area contributed by atoms with Crippen molar-refractivity contribution in [1.82, 2.24) is 5.32 Å². The third-order valence-electron chi connectivity index (χ3n) is 6.51. The highest BCUT2D eigenvalue weighted by Crippen LogP contribution is 2.38. The molecule has 0 aliphatic rings. The average Bonchev–Trinajstić information content (AvgIpc) is 2.94. The first-order valence-electron chi connectivity index (χ1n) is 13.1. The van der Waals surface area contributed by atoms with Crippen LogP contribution in [0, 0.1) is 0 Å². The molecule has 0 unspecified atom stereocenters. The number of phenolic OH excluding ortho intramolecular Hbond substituents is 1. The van der Waals surface area contributed by atoms with E-state index in [1.165, 1.54) is 19.2 Å². The molecule has 0 aliphatic carbocycles. The number of carbonyl (C=O) groups is 1. The van der Waals surface area contributed by atoms with E-state index in [1.807, 2.05) is 32.0 Å². The van der Waals surface area contributed by atoms with Gasteiger partial charge in [-0.05, 0) is 67.8 Å². The van der Waals surface area contributed by atoms with Crippen LogP contribution in [0.2, 0.25) is 0 Å². The number of hydrogen-bond donors (Lipinski definition) is 3. The van der Waals surface area contributed by atoms with Gasteiger partial charge in [-0.25, -0.2) is 4.79 Å². The Morgan fingerprint density at radius 3 is 2.40 bits per heavy atom. The van der Waals surface area contributed by atoms with Crippen LogP contribution in [0.5, 0.6) is 28.7 Å². The number of methoxy groups -OCH3 is 1. The molecular weight excluding hydrogens is 514 g/mol. The molecule has 1 amide bonds. The van der Waals surface area contributed by atoms with Gasteiger partial charge in [0.25, 0.3) is 0 Å². The SMILES string of the molecule is CCOc1ccc(CCNC(=O)C[C@H](c2ccc(OC)c(O)c2)c2c(O)c3ccccc3oc2=O)cc1OCC. The highest BCUT2D eigenvalue weighted by Gasteiger charge is 2.28. The molecule has 40 heavy (non-hydrogen) atoms. The van der Waals surface area contributed by atoms with E-state index in [1.54, 1.807) is 30.3 Å². The standard InChI is InChI=1S/C31H33NO8/c1-4-38-26-12-10-19(16-27(26)39-5-2)14-15-32-28(34)18-22(20-11-13-25(37-3)23(33)17-20)29-30(35)21-8-6-7-9-24(21)40-31(29)36/h6-13,16-17,22,33,35H,4-5,14-15,18H2,1-3H3,(H,32,34)/t22-/m1/s1. The van der Waals surface area contributed by atoms with Crippen molar-refractivity contribution in [3.8, 4) is 28.7 Å². The van der Waals surface area contributed by atoms with Gasteiger partial charge in [0.15, 0.2) is 23.0 Å². The summed E-state index contributed by atoms with van der Waals surface area (Å²) in [6.45, 7) is 5.15. The summed E-state index contributed by atoms with van der Waals surface area (Å²) < 4.78 is 21.9. The summed E-state index contributed by atoms with van der Waals surface area (Å²) in [6, 6.07) is 16.9. The first kappa shape index (κ1) is 28.4. The molecule has 4 rings (SSSR count). The molecule has 0 saturated carbocycles. The fourth-order valence-corrected chi connectivity index (χ4v) is 4.62. The lowest BCUT2D eigenvalue weighted by Crippen LogP contribution is -2.28. The number of amides is 1. The number of para-hydroxylation sites is 1. The Morgan fingerprint density at radius 2 is 1.68 bits per heavy atom. The van der Waals surface area contributed by atoms with Gasteiger partial charge in [-0.1, -0.05) is 24.3 Å². The zero-order chi connectivity index (χ0) is 28.6. The molecular formula is C31H33NO8. The Kier molecular flexibility index (Phi) is 9.16. The van der Waals surface area contributed by atoms with Crippen molar-refractivity contribution in [2.75, 3.05) is 26.9 Å². The van der Waals surface area contributed by atoms with Crippen LogP contribution in [0.3, 0.4) is 0 Å². The molecule has 0 radical (unpaired) electrons. The van der Waals surface area contributed by atoms with Crippen molar-refractivity contribution in [3.63, 3.8) is 0 Å². The number of ether oxygens (including phenoxy) is 3. The van der Waals surface area contributed by atoms with Gasteiger partial charge in [0, 0.05) is 18.9 Å². The molecule has 1 aromatic heterocycles. The summed E-state index contributed by atoms with van der Waals surface area (Å²) in [5.41, 5.74) is 0.806. The van der Waals surface area contributed by atoms with E-state index in [-0.39, 0.29) is 40.7 Å². The number of aromatic hydroxyl groups is 2.